The van der Waals surface area contributed by atoms with E-state index in [0.717, 1.165) is 11.3 Å². The number of ketones is 1. The average Bonchev–Trinajstić information content (AvgIpc) is 2.81. The Morgan fingerprint density at radius 1 is 1.14 bits per heavy atom. The molecule has 0 amide bonds. The number of rotatable bonds is 9. The molecule has 0 unspecified atom stereocenters. The summed E-state index contributed by atoms with van der Waals surface area (Å²) in [6, 6.07) is 7.30. The van der Waals surface area contributed by atoms with Crippen LogP contribution in [0.1, 0.15) is 52.5 Å². The van der Waals surface area contributed by atoms with Crippen LogP contribution in [0.15, 0.2) is 46.8 Å². The van der Waals surface area contributed by atoms with Gasteiger partial charge in [0.25, 0.3) is 0 Å². The first kappa shape index (κ1) is 26.5. The van der Waals surface area contributed by atoms with Gasteiger partial charge in [-0.3, -0.25) is 9.59 Å². The van der Waals surface area contributed by atoms with Crippen LogP contribution in [0.4, 0.5) is 0 Å². The third kappa shape index (κ3) is 5.75. The number of carbonyl (C=O) groups excluding carboxylic acids is 3. The molecule has 0 bridgehead atoms. The summed E-state index contributed by atoms with van der Waals surface area (Å²) in [6.45, 7) is 10.2. The summed E-state index contributed by atoms with van der Waals surface area (Å²) in [5.41, 5.74) is 2.81. The van der Waals surface area contributed by atoms with E-state index in [2.05, 4.69) is 5.32 Å². The zero-order valence-corrected chi connectivity index (χ0v) is 21.3. The van der Waals surface area contributed by atoms with Crippen molar-refractivity contribution in [1.82, 2.24) is 5.32 Å². The van der Waals surface area contributed by atoms with Crippen molar-refractivity contribution < 1.29 is 33.3 Å². The predicted molar refractivity (Wildman–Crippen MR) is 130 cm³/mol. The number of hydrogen-bond acceptors (Lipinski definition) is 8. The largest absolute Gasteiger partial charge is 0.494 e. The molecular formula is C27H35NO7. The van der Waals surface area contributed by atoms with Gasteiger partial charge in [-0.25, -0.2) is 4.79 Å². The second-order valence-electron chi connectivity index (χ2n) is 9.09. The molecular weight excluding hydrogens is 450 g/mol. The van der Waals surface area contributed by atoms with Crippen LogP contribution in [0.5, 0.6) is 5.75 Å². The van der Waals surface area contributed by atoms with E-state index in [1.165, 1.54) is 7.11 Å². The van der Waals surface area contributed by atoms with E-state index in [1.807, 2.05) is 52.0 Å². The van der Waals surface area contributed by atoms with Gasteiger partial charge in [-0.05, 0) is 57.7 Å². The van der Waals surface area contributed by atoms with Crippen LogP contribution < -0.4 is 10.1 Å². The first-order valence-corrected chi connectivity index (χ1v) is 12.0. The van der Waals surface area contributed by atoms with Gasteiger partial charge in [0.05, 0.1) is 32.0 Å². The Morgan fingerprint density at radius 2 is 1.83 bits per heavy atom. The van der Waals surface area contributed by atoms with Crippen LogP contribution in [-0.4, -0.2) is 50.8 Å². The summed E-state index contributed by atoms with van der Waals surface area (Å²) >= 11 is 0. The second-order valence-corrected chi connectivity index (χ2v) is 9.09. The normalized spacial score (nSPS) is 22.0. The number of esters is 2. The smallest absolute Gasteiger partial charge is 0.336 e. The molecule has 1 aromatic carbocycles. The summed E-state index contributed by atoms with van der Waals surface area (Å²) in [5, 5.41) is 3.26. The summed E-state index contributed by atoms with van der Waals surface area (Å²) < 4.78 is 21.5. The van der Waals surface area contributed by atoms with E-state index in [1.54, 1.807) is 6.92 Å². The van der Waals surface area contributed by atoms with Crippen LogP contribution in [0.2, 0.25) is 0 Å². The van der Waals surface area contributed by atoms with Crippen molar-refractivity contribution in [1.29, 1.82) is 0 Å². The first-order valence-electron chi connectivity index (χ1n) is 12.0. The number of hydrogen-bond donors (Lipinski definition) is 1. The lowest BCUT2D eigenvalue weighted by atomic mass is 9.69. The highest BCUT2D eigenvalue weighted by molar-refractivity contribution is 6.12. The molecule has 0 saturated carbocycles. The van der Waals surface area contributed by atoms with E-state index >= 15 is 0 Å². The Balaban J connectivity index is 2.03. The van der Waals surface area contributed by atoms with E-state index in [-0.39, 0.29) is 31.0 Å². The van der Waals surface area contributed by atoms with Crippen molar-refractivity contribution in [3.05, 3.63) is 52.4 Å². The van der Waals surface area contributed by atoms with E-state index in [4.69, 9.17) is 18.9 Å². The van der Waals surface area contributed by atoms with Crippen LogP contribution in [-0.2, 0) is 28.6 Å². The van der Waals surface area contributed by atoms with E-state index in [9.17, 15) is 14.4 Å². The van der Waals surface area contributed by atoms with Gasteiger partial charge < -0.3 is 24.3 Å². The molecule has 1 aromatic rings. The minimum Gasteiger partial charge on any atom is -0.494 e. The van der Waals surface area contributed by atoms with Crippen molar-refractivity contribution in [2.24, 2.45) is 11.8 Å². The van der Waals surface area contributed by atoms with Crippen molar-refractivity contribution >= 4 is 17.7 Å². The lowest BCUT2D eigenvalue weighted by molar-refractivity contribution is -0.151. The summed E-state index contributed by atoms with van der Waals surface area (Å²) in [6.07, 6.45) is 0.503. The van der Waals surface area contributed by atoms with Crippen LogP contribution >= 0.6 is 0 Å². The molecule has 190 valence electrons. The van der Waals surface area contributed by atoms with Gasteiger partial charge >= 0.3 is 11.9 Å². The Hall–Kier alpha value is -3.13. The van der Waals surface area contributed by atoms with Crippen LogP contribution in [0, 0.1) is 11.8 Å². The number of dihydropyridines is 1. The monoisotopic (exact) mass is 485 g/mol. The summed E-state index contributed by atoms with van der Waals surface area (Å²) in [4.78, 5) is 39.5. The van der Waals surface area contributed by atoms with Crippen molar-refractivity contribution in [2.45, 2.75) is 53.1 Å². The quantitative estimate of drug-likeness (QED) is 0.321. The van der Waals surface area contributed by atoms with Crippen molar-refractivity contribution in [2.75, 3.05) is 26.9 Å². The molecule has 0 aromatic heterocycles. The molecule has 3 rings (SSSR count). The number of allylic oxidation sites excluding steroid dienone is 3. The van der Waals surface area contributed by atoms with Crippen molar-refractivity contribution in [3.8, 4) is 5.75 Å². The standard InChI is InChI=1S/C27H35NO7/c1-7-33-19-10-8-18(9-11-19)23-22(27(31)35-13-12-34-15(2)3)17(5)28-20-14-16(4)21(26(30)32-6)25(29)24(20)23/h8-11,15-16,21,23,28H,7,12-14H2,1-6H3/t16-,21+,23+/m0/s1. The van der Waals surface area contributed by atoms with Crippen LogP contribution in [0.25, 0.3) is 0 Å². The van der Waals surface area contributed by atoms with Gasteiger partial charge in [0, 0.05) is 22.9 Å². The number of benzene rings is 1. The minimum atomic E-state index is -0.930. The molecule has 0 fully saturated rings. The van der Waals surface area contributed by atoms with E-state index < -0.39 is 23.8 Å². The summed E-state index contributed by atoms with van der Waals surface area (Å²) in [5.74, 6) is -2.61. The Bertz CT molecular complexity index is 1020. The molecule has 0 radical (unpaired) electrons. The third-order valence-electron chi connectivity index (χ3n) is 6.26. The molecule has 8 heteroatoms. The molecule has 1 heterocycles. The molecule has 0 saturated heterocycles. The van der Waals surface area contributed by atoms with Gasteiger partial charge in [-0.1, -0.05) is 19.1 Å². The molecule has 2 aliphatic rings. The zero-order valence-electron chi connectivity index (χ0n) is 21.3. The molecule has 1 aliphatic heterocycles. The molecule has 35 heavy (non-hydrogen) atoms. The predicted octanol–water partition coefficient (Wildman–Crippen LogP) is 3.67. The molecule has 0 spiro atoms. The maximum absolute atomic E-state index is 13.7. The van der Waals surface area contributed by atoms with E-state index in [0.29, 0.717) is 35.6 Å². The molecule has 1 aliphatic carbocycles. The average molecular weight is 486 g/mol. The van der Waals surface area contributed by atoms with Crippen molar-refractivity contribution in [3.63, 3.8) is 0 Å². The maximum Gasteiger partial charge on any atom is 0.336 e. The Labute approximate surface area is 206 Å². The highest BCUT2D eigenvalue weighted by Crippen LogP contribution is 2.45. The lowest BCUT2D eigenvalue weighted by Gasteiger charge is -2.38. The SMILES string of the molecule is CCOc1ccc([C@@H]2C(C(=O)OCCOC(C)C)=C(C)NC3=C2C(=O)[C@H](C(=O)OC)[C@@H](C)C3)cc1. The Morgan fingerprint density at radius 3 is 2.43 bits per heavy atom. The van der Waals surface area contributed by atoms with Gasteiger partial charge in [0.2, 0.25) is 0 Å². The maximum atomic E-state index is 13.7. The second kappa shape index (κ2) is 11.5. The van der Waals surface area contributed by atoms with Gasteiger partial charge in [-0.2, -0.15) is 0 Å². The third-order valence-corrected chi connectivity index (χ3v) is 6.26. The van der Waals surface area contributed by atoms with Crippen LogP contribution in [0.3, 0.4) is 0 Å². The fourth-order valence-electron chi connectivity index (χ4n) is 4.70. The summed E-state index contributed by atoms with van der Waals surface area (Å²) in [7, 11) is 1.28. The number of methoxy groups -OCH3 is 1. The number of nitrogens with one attached hydrogen (secondary N) is 1. The zero-order chi connectivity index (χ0) is 25.7. The molecule has 1 N–H and O–H groups in total. The number of Topliss-reactive ketones (excluding diaryl/α,β-unsaturated/α-hetero) is 1. The van der Waals surface area contributed by atoms with Gasteiger partial charge in [0.15, 0.2) is 5.78 Å². The number of ether oxygens (including phenoxy) is 4. The molecule has 8 nitrogen and oxygen atoms in total. The number of carbonyl (C=O) groups is 3. The highest BCUT2D eigenvalue weighted by Gasteiger charge is 2.47. The van der Waals surface area contributed by atoms with Gasteiger partial charge in [0.1, 0.15) is 18.3 Å². The van der Waals surface area contributed by atoms with Gasteiger partial charge in [-0.15, -0.1) is 0 Å². The first-order chi connectivity index (χ1) is 16.7. The Kier molecular flexibility index (Phi) is 8.72. The lowest BCUT2D eigenvalue weighted by Crippen LogP contribution is -2.43. The topological polar surface area (TPSA) is 100 Å². The molecule has 3 atom stereocenters. The fourth-order valence-corrected chi connectivity index (χ4v) is 4.70. The highest BCUT2D eigenvalue weighted by atomic mass is 16.6. The minimum absolute atomic E-state index is 0.0208. The fraction of sp³-hybridized carbons (Fsp3) is 0.519.